The molecule has 2 heterocycles. The van der Waals surface area contributed by atoms with E-state index < -0.39 is 0 Å². The molecule has 0 bridgehead atoms. The number of hydrogen-bond donors (Lipinski definition) is 0. The SMILES string of the molecule is C/C=C/C=Nc1ccc(-n2c3cc(-c4cccc5c6ccccc6n(-c6ccccc6)c45)ccc3c3c4ccccc4ccc32)cc1C. The van der Waals surface area contributed by atoms with E-state index in [-0.39, 0.29) is 0 Å². The molecule has 0 saturated heterocycles. The lowest BCUT2D eigenvalue weighted by Gasteiger charge is -2.13. The highest BCUT2D eigenvalue weighted by atomic mass is 15.0. The summed E-state index contributed by atoms with van der Waals surface area (Å²) in [6.45, 7) is 4.15. The maximum Gasteiger partial charge on any atom is 0.0660 e. The first kappa shape index (κ1) is 28.1. The highest BCUT2D eigenvalue weighted by Gasteiger charge is 2.19. The monoisotopic (exact) mass is 615 g/mol. The van der Waals surface area contributed by atoms with Crippen LogP contribution in [0.15, 0.2) is 163 Å². The van der Waals surface area contributed by atoms with Crippen LogP contribution in [-0.4, -0.2) is 15.3 Å². The first-order chi connectivity index (χ1) is 23.7. The lowest BCUT2D eigenvalue weighted by molar-refractivity contribution is 1.17. The molecule has 3 nitrogen and oxygen atoms in total. The van der Waals surface area contributed by atoms with Crippen molar-refractivity contribution in [2.24, 2.45) is 4.99 Å². The van der Waals surface area contributed by atoms with E-state index >= 15 is 0 Å². The Balaban J connectivity index is 1.35. The second kappa shape index (κ2) is 11.3. The molecule has 0 aliphatic carbocycles. The third-order valence-corrected chi connectivity index (χ3v) is 9.61. The van der Waals surface area contributed by atoms with Crippen LogP contribution in [-0.2, 0) is 0 Å². The van der Waals surface area contributed by atoms with Gasteiger partial charge in [-0.15, -0.1) is 0 Å². The number of nitrogens with zero attached hydrogens (tertiary/aromatic N) is 3. The average molecular weight is 616 g/mol. The van der Waals surface area contributed by atoms with Gasteiger partial charge < -0.3 is 9.13 Å². The maximum atomic E-state index is 4.69. The number of aromatic nitrogens is 2. The van der Waals surface area contributed by atoms with E-state index in [1.165, 1.54) is 65.5 Å². The number of fused-ring (bicyclic) bond motifs is 8. The van der Waals surface area contributed by atoms with Crippen molar-refractivity contribution in [3.63, 3.8) is 0 Å². The Morgan fingerprint density at radius 3 is 2.19 bits per heavy atom. The van der Waals surface area contributed by atoms with Gasteiger partial charge in [-0.1, -0.05) is 103 Å². The van der Waals surface area contributed by atoms with Crippen LogP contribution in [0.4, 0.5) is 5.69 Å². The summed E-state index contributed by atoms with van der Waals surface area (Å²) in [5, 5.41) is 7.54. The zero-order valence-electron chi connectivity index (χ0n) is 26.9. The molecule has 0 spiro atoms. The molecule has 0 amide bonds. The van der Waals surface area contributed by atoms with Crippen molar-refractivity contribution in [3.05, 3.63) is 163 Å². The van der Waals surface area contributed by atoms with Crippen LogP contribution >= 0.6 is 0 Å². The molecular formula is C45H33N3. The molecule has 0 aliphatic heterocycles. The van der Waals surface area contributed by atoms with Gasteiger partial charge in [-0.2, -0.15) is 0 Å². The van der Waals surface area contributed by atoms with Gasteiger partial charge in [0.05, 0.1) is 27.8 Å². The van der Waals surface area contributed by atoms with Crippen molar-refractivity contribution in [1.82, 2.24) is 9.13 Å². The molecule has 9 rings (SSSR count). The van der Waals surface area contributed by atoms with E-state index in [9.17, 15) is 0 Å². The fourth-order valence-corrected chi connectivity index (χ4v) is 7.46. The lowest BCUT2D eigenvalue weighted by atomic mass is 9.99. The van der Waals surface area contributed by atoms with E-state index in [0.717, 1.165) is 22.6 Å². The molecular weight excluding hydrogens is 583 g/mol. The van der Waals surface area contributed by atoms with E-state index in [2.05, 4.69) is 162 Å². The third kappa shape index (κ3) is 4.32. The Hall–Kier alpha value is -6.19. The third-order valence-electron chi connectivity index (χ3n) is 9.61. The topological polar surface area (TPSA) is 22.2 Å². The Kier molecular flexibility index (Phi) is 6.58. The van der Waals surface area contributed by atoms with E-state index in [4.69, 9.17) is 4.99 Å². The minimum absolute atomic E-state index is 0.976. The molecule has 0 unspecified atom stereocenters. The quantitative estimate of drug-likeness (QED) is 0.172. The summed E-state index contributed by atoms with van der Waals surface area (Å²) < 4.78 is 4.85. The molecule has 0 atom stereocenters. The van der Waals surface area contributed by atoms with Crippen molar-refractivity contribution < 1.29 is 0 Å². The van der Waals surface area contributed by atoms with Gasteiger partial charge in [-0.3, -0.25) is 4.99 Å². The van der Waals surface area contributed by atoms with Gasteiger partial charge in [-0.05, 0) is 90.4 Å². The molecule has 0 N–H and O–H groups in total. The Bertz CT molecular complexity index is 2740. The second-order valence-corrected chi connectivity index (χ2v) is 12.4. The van der Waals surface area contributed by atoms with Crippen molar-refractivity contribution in [2.75, 3.05) is 0 Å². The van der Waals surface area contributed by atoms with Gasteiger partial charge in [-0.25, -0.2) is 0 Å². The largest absolute Gasteiger partial charge is 0.309 e. The van der Waals surface area contributed by atoms with Gasteiger partial charge in [0.25, 0.3) is 0 Å². The highest BCUT2D eigenvalue weighted by molar-refractivity contribution is 6.22. The number of rotatable bonds is 5. The van der Waals surface area contributed by atoms with Crippen LogP contribution in [0.3, 0.4) is 0 Å². The number of benzene rings is 7. The van der Waals surface area contributed by atoms with Crippen molar-refractivity contribution in [2.45, 2.75) is 13.8 Å². The van der Waals surface area contributed by atoms with Gasteiger partial charge in [0, 0.05) is 44.7 Å². The predicted molar refractivity (Wildman–Crippen MR) is 206 cm³/mol. The van der Waals surface area contributed by atoms with Crippen LogP contribution in [0.1, 0.15) is 12.5 Å². The zero-order chi connectivity index (χ0) is 32.2. The van der Waals surface area contributed by atoms with E-state index in [0.29, 0.717) is 0 Å². The van der Waals surface area contributed by atoms with E-state index in [1.54, 1.807) is 0 Å². The first-order valence-electron chi connectivity index (χ1n) is 16.5. The summed E-state index contributed by atoms with van der Waals surface area (Å²) in [7, 11) is 0. The number of aryl methyl sites for hydroxylation is 1. The molecule has 2 aromatic heterocycles. The molecule has 0 radical (unpaired) electrons. The Morgan fingerprint density at radius 2 is 1.33 bits per heavy atom. The number of para-hydroxylation sites is 3. The van der Waals surface area contributed by atoms with Gasteiger partial charge in [0.2, 0.25) is 0 Å². The van der Waals surface area contributed by atoms with Crippen molar-refractivity contribution in [3.8, 4) is 22.5 Å². The maximum absolute atomic E-state index is 4.69. The van der Waals surface area contributed by atoms with E-state index in [1.807, 2.05) is 25.3 Å². The van der Waals surface area contributed by atoms with Crippen molar-refractivity contribution >= 4 is 66.3 Å². The van der Waals surface area contributed by atoms with Gasteiger partial charge >= 0.3 is 0 Å². The molecule has 9 aromatic rings. The molecule has 0 saturated carbocycles. The molecule has 0 fully saturated rings. The fraction of sp³-hybridized carbons (Fsp3) is 0.0444. The van der Waals surface area contributed by atoms with Crippen LogP contribution in [0.2, 0.25) is 0 Å². The zero-order valence-corrected chi connectivity index (χ0v) is 26.9. The lowest BCUT2D eigenvalue weighted by Crippen LogP contribution is -1.96. The molecule has 48 heavy (non-hydrogen) atoms. The normalized spacial score (nSPS) is 12.2. The van der Waals surface area contributed by atoms with Crippen molar-refractivity contribution in [1.29, 1.82) is 0 Å². The Labute approximate surface area is 279 Å². The fourth-order valence-electron chi connectivity index (χ4n) is 7.46. The van der Waals surface area contributed by atoms with Crippen LogP contribution in [0, 0.1) is 6.92 Å². The van der Waals surface area contributed by atoms with Crippen LogP contribution in [0.5, 0.6) is 0 Å². The minimum Gasteiger partial charge on any atom is -0.309 e. The molecule has 0 aliphatic rings. The smallest absolute Gasteiger partial charge is 0.0660 e. The first-order valence-corrected chi connectivity index (χ1v) is 16.5. The predicted octanol–water partition coefficient (Wildman–Crippen LogP) is 12.3. The number of aliphatic imine (C=N–C) groups is 1. The van der Waals surface area contributed by atoms with Crippen LogP contribution in [0.25, 0.3) is 76.9 Å². The summed E-state index contributed by atoms with van der Waals surface area (Å²) in [5.41, 5.74) is 11.6. The summed E-state index contributed by atoms with van der Waals surface area (Å²) >= 11 is 0. The summed E-state index contributed by atoms with van der Waals surface area (Å²) in [4.78, 5) is 4.69. The van der Waals surface area contributed by atoms with Gasteiger partial charge in [0.15, 0.2) is 0 Å². The van der Waals surface area contributed by atoms with Gasteiger partial charge in [0.1, 0.15) is 0 Å². The number of allylic oxidation sites excluding steroid dienone is 2. The Morgan fingerprint density at radius 1 is 0.542 bits per heavy atom. The molecule has 228 valence electrons. The second-order valence-electron chi connectivity index (χ2n) is 12.4. The summed E-state index contributed by atoms with van der Waals surface area (Å²) in [6, 6.07) is 53.0. The average Bonchev–Trinajstić information content (AvgIpc) is 3.66. The minimum atomic E-state index is 0.976. The highest BCUT2D eigenvalue weighted by Crippen LogP contribution is 2.42. The standard InChI is InChI=1S/C45H33N3/c1-3-4-27-46-40-25-23-34(28-30(40)2)47-42-26-22-31-13-8-9-16-35(31)44(42)39-24-21-32(29-43(39)47)36-18-12-19-38-37-17-10-11-20-41(37)48(45(36)38)33-14-6-5-7-15-33/h3-29H,1-2H3/b4-3+,46-27?. The molecule has 7 aromatic carbocycles. The number of hydrogen-bond acceptors (Lipinski definition) is 1. The van der Waals surface area contributed by atoms with Crippen LogP contribution < -0.4 is 0 Å². The summed E-state index contributed by atoms with van der Waals surface area (Å²) in [5.74, 6) is 0. The molecule has 3 heteroatoms. The summed E-state index contributed by atoms with van der Waals surface area (Å²) in [6.07, 6.45) is 5.81.